The Morgan fingerprint density at radius 1 is 1.46 bits per heavy atom. The fraction of sp³-hybridized carbons (Fsp3) is 0.818. The van der Waals surface area contributed by atoms with E-state index in [1.54, 1.807) is 0 Å². The topological polar surface area (TPSA) is 35.2 Å². The van der Waals surface area contributed by atoms with Crippen LogP contribution >= 0.6 is 0 Å². The molecule has 0 amide bonds. The van der Waals surface area contributed by atoms with E-state index in [9.17, 15) is 0 Å². The number of allylic oxidation sites excluding steroid dienone is 1. The highest BCUT2D eigenvalue weighted by Crippen LogP contribution is 2.08. The predicted molar refractivity (Wildman–Crippen MR) is 57.7 cm³/mol. The molecule has 1 unspecified atom stereocenters. The van der Waals surface area contributed by atoms with E-state index in [1.165, 1.54) is 0 Å². The SMILES string of the molecule is C=CCCCC(N)COC(C)(C)C. The fourth-order valence-corrected chi connectivity index (χ4v) is 0.965. The predicted octanol–water partition coefficient (Wildman–Crippen LogP) is 2.49. The average Bonchev–Trinajstić information content (AvgIpc) is 2.00. The third-order valence-electron chi connectivity index (χ3n) is 1.71. The third-order valence-corrected chi connectivity index (χ3v) is 1.71. The summed E-state index contributed by atoms with van der Waals surface area (Å²) >= 11 is 0. The first-order valence-electron chi connectivity index (χ1n) is 4.96. The molecule has 0 heterocycles. The van der Waals surface area contributed by atoms with Crippen molar-refractivity contribution in [1.29, 1.82) is 0 Å². The van der Waals surface area contributed by atoms with Gasteiger partial charge in [0, 0.05) is 6.04 Å². The highest BCUT2D eigenvalue weighted by molar-refractivity contribution is 4.70. The van der Waals surface area contributed by atoms with Gasteiger partial charge in [0.25, 0.3) is 0 Å². The number of rotatable bonds is 6. The van der Waals surface area contributed by atoms with Crippen molar-refractivity contribution in [2.75, 3.05) is 6.61 Å². The Balaban J connectivity index is 3.40. The van der Waals surface area contributed by atoms with Crippen LogP contribution in [0.1, 0.15) is 40.0 Å². The minimum atomic E-state index is -0.0734. The highest BCUT2D eigenvalue weighted by atomic mass is 16.5. The monoisotopic (exact) mass is 185 g/mol. The van der Waals surface area contributed by atoms with E-state index in [0.717, 1.165) is 19.3 Å². The van der Waals surface area contributed by atoms with Crippen LogP contribution in [-0.4, -0.2) is 18.2 Å². The van der Waals surface area contributed by atoms with Gasteiger partial charge in [-0.05, 0) is 40.0 Å². The summed E-state index contributed by atoms with van der Waals surface area (Å²) in [7, 11) is 0. The van der Waals surface area contributed by atoms with Gasteiger partial charge in [-0.15, -0.1) is 6.58 Å². The molecule has 1 atom stereocenters. The van der Waals surface area contributed by atoms with E-state index in [1.807, 2.05) is 26.8 Å². The zero-order chi connectivity index (χ0) is 10.3. The van der Waals surface area contributed by atoms with Gasteiger partial charge in [0.2, 0.25) is 0 Å². The second-order valence-electron chi connectivity index (χ2n) is 4.40. The van der Waals surface area contributed by atoms with Crippen molar-refractivity contribution in [2.45, 2.75) is 51.7 Å². The normalized spacial score (nSPS) is 14.2. The van der Waals surface area contributed by atoms with Crippen molar-refractivity contribution in [3.05, 3.63) is 12.7 Å². The maximum atomic E-state index is 5.86. The van der Waals surface area contributed by atoms with Crippen molar-refractivity contribution in [3.8, 4) is 0 Å². The molecule has 0 aromatic carbocycles. The molecule has 0 saturated heterocycles. The van der Waals surface area contributed by atoms with Gasteiger partial charge >= 0.3 is 0 Å². The fourth-order valence-electron chi connectivity index (χ4n) is 0.965. The quantitative estimate of drug-likeness (QED) is 0.509. The lowest BCUT2D eigenvalue weighted by Crippen LogP contribution is -2.31. The number of hydrogen-bond acceptors (Lipinski definition) is 2. The molecule has 0 aromatic rings. The zero-order valence-corrected chi connectivity index (χ0v) is 9.18. The van der Waals surface area contributed by atoms with Gasteiger partial charge in [0.1, 0.15) is 0 Å². The van der Waals surface area contributed by atoms with Gasteiger partial charge in [-0.2, -0.15) is 0 Å². The molecular weight excluding hydrogens is 162 g/mol. The smallest absolute Gasteiger partial charge is 0.0624 e. The van der Waals surface area contributed by atoms with Crippen LogP contribution in [0.25, 0.3) is 0 Å². The van der Waals surface area contributed by atoms with E-state index in [2.05, 4.69) is 6.58 Å². The standard InChI is InChI=1S/C11H23NO/c1-5-6-7-8-10(12)9-13-11(2,3)4/h5,10H,1,6-9,12H2,2-4H3. The summed E-state index contributed by atoms with van der Waals surface area (Å²) in [6.45, 7) is 10.5. The molecule has 0 aliphatic heterocycles. The van der Waals surface area contributed by atoms with Gasteiger partial charge < -0.3 is 10.5 Å². The van der Waals surface area contributed by atoms with Crippen molar-refractivity contribution in [2.24, 2.45) is 5.73 Å². The molecule has 2 nitrogen and oxygen atoms in total. The average molecular weight is 185 g/mol. The molecule has 0 rings (SSSR count). The van der Waals surface area contributed by atoms with Crippen LogP contribution in [0.3, 0.4) is 0 Å². The first-order valence-corrected chi connectivity index (χ1v) is 4.96. The Kier molecular flexibility index (Phi) is 6.00. The van der Waals surface area contributed by atoms with Crippen LogP contribution in [0.4, 0.5) is 0 Å². The summed E-state index contributed by atoms with van der Waals surface area (Å²) in [5.41, 5.74) is 5.79. The summed E-state index contributed by atoms with van der Waals surface area (Å²) in [5, 5.41) is 0. The van der Waals surface area contributed by atoms with Crippen LogP contribution in [0.2, 0.25) is 0 Å². The second kappa shape index (κ2) is 6.17. The Hall–Kier alpha value is -0.340. The van der Waals surface area contributed by atoms with Crippen molar-refractivity contribution >= 4 is 0 Å². The number of hydrogen-bond donors (Lipinski definition) is 1. The molecule has 0 fully saturated rings. The van der Waals surface area contributed by atoms with Gasteiger partial charge in [0.15, 0.2) is 0 Å². The molecular formula is C11H23NO. The lowest BCUT2D eigenvalue weighted by atomic mass is 10.1. The second-order valence-corrected chi connectivity index (χ2v) is 4.40. The largest absolute Gasteiger partial charge is 0.374 e. The van der Waals surface area contributed by atoms with Crippen molar-refractivity contribution in [3.63, 3.8) is 0 Å². The molecule has 0 saturated carbocycles. The number of nitrogens with two attached hydrogens (primary N) is 1. The van der Waals surface area contributed by atoms with E-state index in [-0.39, 0.29) is 11.6 Å². The Labute approximate surface area is 82.2 Å². The Bertz CT molecular complexity index is 138. The van der Waals surface area contributed by atoms with Gasteiger partial charge in [-0.3, -0.25) is 0 Å². The van der Waals surface area contributed by atoms with Gasteiger partial charge in [-0.25, -0.2) is 0 Å². The van der Waals surface area contributed by atoms with Crippen LogP contribution in [-0.2, 0) is 4.74 Å². The van der Waals surface area contributed by atoms with Gasteiger partial charge in [-0.1, -0.05) is 6.08 Å². The van der Waals surface area contributed by atoms with E-state index in [0.29, 0.717) is 6.61 Å². The maximum Gasteiger partial charge on any atom is 0.0624 e. The highest BCUT2D eigenvalue weighted by Gasteiger charge is 2.12. The molecule has 2 N–H and O–H groups in total. The summed E-state index contributed by atoms with van der Waals surface area (Å²) in [4.78, 5) is 0. The summed E-state index contributed by atoms with van der Waals surface area (Å²) < 4.78 is 5.57. The molecule has 0 bridgehead atoms. The molecule has 0 aliphatic carbocycles. The molecule has 0 spiro atoms. The van der Waals surface area contributed by atoms with E-state index in [4.69, 9.17) is 10.5 Å². The van der Waals surface area contributed by atoms with Crippen LogP contribution in [0.15, 0.2) is 12.7 Å². The lowest BCUT2D eigenvalue weighted by Gasteiger charge is -2.22. The van der Waals surface area contributed by atoms with E-state index < -0.39 is 0 Å². The van der Waals surface area contributed by atoms with Crippen LogP contribution in [0, 0.1) is 0 Å². The summed E-state index contributed by atoms with van der Waals surface area (Å²) in [6, 6.07) is 0.166. The lowest BCUT2D eigenvalue weighted by molar-refractivity contribution is -0.0109. The van der Waals surface area contributed by atoms with E-state index >= 15 is 0 Å². The number of unbranched alkanes of at least 4 members (excludes halogenated alkanes) is 1. The van der Waals surface area contributed by atoms with Crippen LogP contribution in [0.5, 0.6) is 0 Å². The first kappa shape index (κ1) is 12.7. The zero-order valence-electron chi connectivity index (χ0n) is 9.18. The maximum absolute atomic E-state index is 5.86. The first-order chi connectivity index (χ1) is 5.95. The van der Waals surface area contributed by atoms with Crippen molar-refractivity contribution < 1.29 is 4.74 Å². The summed E-state index contributed by atoms with van der Waals surface area (Å²) in [6.07, 6.45) is 5.10. The number of ether oxygens (including phenoxy) is 1. The molecule has 13 heavy (non-hydrogen) atoms. The Morgan fingerprint density at radius 3 is 2.54 bits per heavy atom. The minimum Gasteiger partial charge on any atom is -0.374 e. The molecule has 0 aromatic heterocycles. The summed E-state index contributed by atoms with van der Waals surface area (Å²) in [5.74, 6) is 0. The minimum absolute atomic E-state index is 0.0734. The van der Waals surface area contributed by atoms with Crippen LogP contribution < -0.4 is 5.73 Å². The third kappa shape index (κ3) is 9.57. The molecule has 0 radical (unpaired) electrons. The molecule has 78 valence electrons. The Morgan fingerprint density at radius 2 is 2.08 bits per heavy atom. The molecule has 0 aliphatic rings. The van der Waals surface area contributed by atoms with Gasteiger partial charge in [0.05, 0.1) is 12.2 Å². The van der Waals surface area contributed by atoms with Crippen molar-refractivity contribution in [1.82, 2.24) is 0 Å². The molecule has 2 heteroatoms.